The van der Waals surface area contributed by atoms with Gasteiger partial charge in [0.1, 0.15) is 16.1 Å². The van der Waals surface area contributed by atoms with E-state index >= 15 is 0 Å². The Balaban J connectivity index is 1.22. The van der Waals surface area contributed by atoms with Gasteiger partial charge in [0.05, 0.1) is 0 Å². The van der Waals surface area contributed by atoms with E-state index in [-0.39, 0.29) is 0 Å². The van der Waals surface area contributed by atoms with Crippen LogP contribution in [0.25, 0.3) is 66.1 Å². The van der Waals surface area contributed by atoms with Crippen LogP contribution >= 0.6 is 0 Å². The Labute approximate surface area is 334 Å². The minimum atomic E-state index is -1.78. The number of piperidine rings is 2. The van der Waals surface area contributed by atoms with Gasteiger partial charge in [0.2, 0.25) is 0 Å². The first-order chi connectivity index (χ1) is 27.3. The normalized spacial score (nSPS) is 17.9. The minimum absolute atomic E-state index is 1.14. The summed E-state index contributed by atoms with van der Waals surface area (Å²) < 4.78 is 0. The predicted molar refractivity (Wildman–Crippen MR) is 249 cm³/mol. The highest BCUT2D eigenvalue weighted by molar-refractivity contribution is 7.04. The number of rotatable bonds is 4. The average Bonchev–Trinajstić information content (AvgIpc) is 3.61. The zero-order valence-electron chi connectivity index (χ0n) is 33.5. The number of hydrogen-bond acceptors (Lipinski definition) is 2. The topological polar surface area (TPSA) is 6.48 Å². The highest BCUT2D eigenvalue weighted by Crippen LogP contribution is 2.48. The van der Waals surface area contributed by atoms with Crippen LogP contribution in [0.4, 0.5) is 11.4 Å². The molecule has 0 atom stereocenters. The van der Waals surface area contributed by atoms with Crippen molar-refractivity contribution in [2.45, 2.75) is 64.7 Å². The lowest BCUT2D eigenvalue weighted by molar-refractivity contribution is 0.578. The molecule has 0 amide bonds. The summed E-state index contributed by atoms with van der Waals surface area (Å²) in [5.41, 5.74) is 13.9. The van der Waals surface area contributed by atoms with E-state index in [4.69, 9.17) is 0 Å². The standard InChI is InChI=1S/C52H52N2Si2/c1-55(2)47-17-9-7-15-39(47)43-31-35(19-25-49(43)55)51-41-23-21-38(54-29-13-6-14-30-54)34-46(41)52(42-24-22-37(33-45(42)51)53-27-11-5-12-28-53)36-20-26-50-44(32-36)40-16-8-10-18-48(40)56(50,3)4/h7-10,15-26,31-34H,5-6,11-14,27-30H2,1-4H3. The first-order valence-corrected chi connectivity index (χ1v) is 27.3. The molecule has 7 aromatic carbocycles. The Morgan fingerprint density at radius 2 is 0.750 bits per heavy atom. The van der Waals surface area contributed by atoms with Gasteiger partial charge in [-0.25, -0.2) is 0 Å². The molecule has 2 saturated heterocycles. The van der Waals surface area contributed by atoms with E-state index < -0.39 is 16.1 Å². The first kappa shape index (κ1) is 34.4. The third-order valence-corrected chi connectivity index (χ3v) is 21.4. The van der Waals surface area contributed by atoms with Gasteiger partial charge in [0.15, 0.2) is 0 Å². The molecule has 0 aromatic heterocycles. The van der Waals surface area contributed by atoms with Crippen molar-refractivity contribution in [2.75, 3.05) is 36.0 Å². The summed E-state index contributed by atoms with van der Waals surface area (Å²) in [7, 11) is -3.56. The molecule has 0 spiro atoms. The predicted octanol–water partition coefficient (Wildman–Crippen LogP) is 10.9. The molecule has 7 aromatic rings. The highest BCUT2D eigenvalue weighted by atomic mass is 28.3. The molecule has 4 heterocycles. The summed E-state index contributed by atoms with van der Waals surface area (Å²) in [5.74, 6) is 0. The summed E-state index contributed by atoms with van der Waals surface area (Å²) in [5, 5.41) is 11.8. The number of fused-ring (bicyclic) bond motifs is 8. The maximum absolute atomic E-state index is 2.64. The van der Waals surface area contributed by atoms with E-state index in [0.29, 0.717) is 0 Å². The molecule has 0 saturated carbocycles. The summed E-state index contributed by atoms with van der Waals surface area (Å²) in [6, 6.07) is 48.5. The molecule has 11 rings (SSSR count). The molecular formula is C52H52N2Si2. The molecule has 2 fully saturated rings. The Hall–Kier alpha value is -4.91. The minimum Gasteiger partial charge on any atom is -0.372 e. The van der Waals surface area contributed by atoms with Gasteiger partial charge in [0.25, 0.3) is 0 Å². The van der Waals surface area contributed by atoms with Crippen molar-refractivity contribution < 1.29 is 0 Å². The zero-order valence-corrected chi connectivity index (χ0v) is 35.5. The van der Waals surface area contributed by atoms with Gasteiger partial charge in [-0.15, -0.1) is 0 Å². The largest absolute Gasteiger partial charge is 0.372 e. The van der Waals surface area contributed by atoms with Gasteiger partial charge in [-0.3, -0.25) is 0 Å². The van der Waals surface area contributed by atoms with Crippen LogP contribution in [0.3, 0.4) is 0 Å². The van der Waals surface area contributed by atoms with Crippen molar-refractivity contribution in [1.29, 1.82) is 0 Å². The summed E-state index contributed by atoms with van der Waals surface area (Å²) in [6.45, 7) is 14.7. The molecule has 56 heavy (non-hydrogen) atoms. The number of benzene rings is 7. The number of hydrogen-bond donors (Lipinski definition) is 0. The molecule has 0 N–H and O–H groups in total. The van der Waals surface area contributed by atoms with Crippen molar-refractivity contribution in [1.82, 2.24) is 0 Å². The lowest BCUT2D eigenvalue weighted by Gasteiger charge is -2.30. The van der Waals surface area contributed by atoms with E-state index in [1.54, 1.807) is 20.7 Å². The maximum Gasteiger partial charge on any atom is 0.113 e. The van der Waals surface area contributed by atoms with Gasteiger partial charge in [0, 0.05) is 37.6 Å². The molecular weight excluding hydrogens is 709 g/mol. The van der Waals surface area contributed by atoms with Crippen LogP contribution in [0.5, 0.6) is 0 Å². The van der Waals surface area contributed by atoms with Crippen LogP contribution in [0.15, 0.2) is 121 Å². The van der Waals surface area contributed by atoms with Crippen molar-refractivity contribution >= 4 is 69.8 Å². The Morgan fingerprint density at radius 3 is 1.18 bits per heavy atom. The Kier molecular flexibility index (Phi) is 7.86. The molecule has 0 bridgehead atoms. The molecule has 4 aliphatic heterocycles. The second-order valence-electron chi connectivity index (χ2n) is 18.2. The fraction of sp³-hybridized carbons (Fsp3) is 0.269. The molecule has 0 unspecified atom stereocenters. The van der Waals surface area contributed by atoms with Crippen molar-refractivity contribution in [2.24, 2.45) is 0 Å². The van der Waals surface area contributed by atoms with Gasteiger partial charge in [-0.1, -0.05) is 111 Å². The average molecular weight is 761 g/mol. The van der Waals surface area contributed by atoms with E-state index in [1.807, 2.05) is 0 Å². The fourth-order valence-corrected chi connectivity index (χ4v) is 17.4. The van der Waals surface area contributed by atoms with Gasteiger partial charge in [-0.2, -0.15) is 0 Å². The molecule has 278 valence electrons. The molecule has 4 heteroatoms. The lowest BCUT2D eigenvalue weighted by atomic mass is 9.84. The van der Waals surface area contributed by atoms with Gasteiger partial charge < -0.3 is 9.80 Å². The van der Waals surface area contributed by atoms with E-state index in [2.05, 4.69) is 157 Å². The summed E-state index contributed by atoms with van der Waals surface area (Å²) in [4.78, 5) is 5.28. The Morgan fingerprint density at radius 1 is 0.357 bits per heavy atom. The number of nitrogens with zero attached hydrogens (tertiary/aromatic N) is 2. The van der Waals surface area contributed by atoms with Crippen molar-refractivity contribution in [3.05, 3.63) is 121 Å². The third kappa shape index (κ3) is 5.11. The quantitative estimate of drug-likeness (QED) is 0.130. The summed E-state index contributed by atoms with van der Waals surface area (Å²) in [6.07, 6.45) is 7.75. The van der Waals surface area contributed by atoms with E-state index in [0.717, 1.165) is 26.2 Å². The second-order valence-corrected chi connectivity index (χ2v) is 26.8. The second kappa shape index (κ2) is 12.8. The summed E-state index contributed by atoms with van der Waals surface area (Å²) >= 11 is 0. The molecule has 4 aliphatic rings. The van der Waals surface area contributed by atoms with Gasteiger partial charge in [-0.05, 0) is 162 Å². The fourth-order valence-electron chi connectivity index (χ4n) is 11.3. The molecule has 0 radical (unpaired) electrons. The van der Waals surface area contributed by atoms with Crippen molar-refractivity contribution in [3.8, 4) is 44.5 Å². The monoisotopic (exact) mass is 760 g/mol. The van der Waals surface area contributed by atoms with Crippen LogP contribution in [0.1, 0.15) is 38.5 Å². The smallest absolute Gasteiger partial charge is 0.113 e. The third-order valence-electron chi connectivity index (χ3n) is 14.3. The van der Waals surface area contributed by atoms with Crippen molar-refractivity contribution in [3.63, 3.8) is 0 Å². The molecule has 0 aliphatic carbocycles. The first-order valence-electron chi connectivity index (χ1n) is 21.3. The van der Waals surface area contributed by atoms with Crippen LogP contribution in [0, 0.1) is 0 Å². The zero-order chi connectivity index (χ0) is 37.8. The van der Waals surface area contributed by atoms with E-state index in [1.165, 1.54) is 116 Å². The van der Waals surface area contributed by atoms with E-state index in [9.17, 15) is 0 Å². The van der Waals surface area contributed by atoms with Crippen LogP contribution < -0.4 is 30.5 Å². The maximum atomic E-state index is 2.64. The lowest BCUT2D eigenvalue weighted by Crippen LogP contribution is -2.49. The highest BCUT2D eigenvalue weighted by Gasteiger charge is 2.39. The van der Waals surface area contributed by atoms with Crippen LogP contribution in [-0.4, -0.2) is 42.3 Å². The molecule has 2 nitrogen and oxygen atoms in total. The van der Waals surface area contributed by atoms with Crippen LogP contribution in [-0.2, 0) is 0 Å². The van der Waals surface area contributed by atoms with Crippen LogP contribution in [0.2, 0.25) is 26.2 Å². The Bertz CT molecular complexity index is 2540. The number of anilines is 2. The SMILES string of the molecule is C[Si]1(C)c2ccccc2-c2cc(-c3c4ccc(N5CCCCC5)cc4c(-c4ccc5c(c4)-c4ccccc4[Si]5(C)C)c4ccc(N5CCCCC5)cc34)ccc21. The van der Waals surface area contributed by atoms with Gasteiger partial charge >= 0.3 is 0 Å².